The van der Waals surface area contributed by atoms with E-state index in [1.165, 1.54) is 11.9 Å². The number of hydrogen-bond acceptors (Lipinski definition) is 4. The molecule has 1 aromatic heterocycles. The molecule has 0 saturated heterocycles. The molecule has 0 atom stereocenters. The Morgan fingerprint density at radius 3 is 2.24 bits per heavy atom. The average molecular weight is 319 g/mol. The zero-order valence-electron chi connectivity index (χ0n) is 10.2. The summed E-state index contributed by atoms with van der Waals surface area (Å²) in [5, 5.41) is 0. The van der Waals surface area contributed by atoms with Crippen molar-refractivity contribution in [3.63, 3.8) is 0 Å². The Labute approximate surface area is 112 Å². The maximum absolute atomic E-state index is 12.7. The Morgan fingerprint density at radius 2 is 1.81 bits per heavy atom. The van der Waals surface area contributed by atoms with E-state index in [2.05, 4.69) is 9.47 Å². The lowest BCUT2D eigenvalue weighted by atomic mass is 10.1. The number of alkyl halides is 6. The number of halogens is 6. The van der Waals surface area contributed by atoms with Gasteiger partial charge in [0.2, 0.25) is 11.3 Å². The molecule has 1 N–H and O–H groups in total. The fraction of sp³-hybridized carbons (Fsp3) is 0.400. The van der Waals surface area contributed by atoms with Crippen molar-refractivity contribution in [2.45, 2.75) is 19.5 Å². The largest absolute Gasteiger partial charge is 0.574 e. The summed E-state index contributed by atoms with van der Waals surface area (Å²) in [7, 11) is 0. The van der Waals surface area contributed by atoms with Crippen molar-refractivity contribution < 1.29 is 40.6 Å². The smallest absolute Gasteiger partial charge is 0.462 e. The normalized spacial score (nSPS) is 12.1. The van der Waals surface area contributed by atoms with Gasteiger partial charge in [-0.1, -0.05) is 0 Å². The number of aromatic nitrogens is 1. The lowest BCUT2D eigenvalue weighted by Crippen LogP contribution is -2.27. The Kier molecular flexibility index (Phi) is 4.54. The number of nitrogens with one attached hydrogen (secondary N) is 1. The molecule has 0 spiro atoms. The molecule has 5 nitrogen and oxygen atoms in total. The Hall–Kier alpha value is -2.20. The van der Waals surface area contributed by atoms with Crippen LogP contribution in [-0.2, 0) is 10.9 Å². The van der Waals surface area contributed by atoms with E-state index in [0.717, 1.165) is 0 Å². The summed E-state index contributed by atoms with van der Waals surface area (Å²) in [5.74, 6) is -3.10. The first kappa shape index (κ1) is 16.9. The van der Waals surface area contributed by atoms with Crippen molar-refractivity contribution in [2.24, 2.45) is 0 Å². The molecular formula is C10H7F6NO4. The topological polar surface area (TPSA) is 68.4 Å². The quantitative estimate of drug-likeness (QED) is 0.686. The molecule has 0 unspecified atom stereocenters. The first-order valence-electron chi connectivity index (χ1n) is 5.23. The predicted molar refractivity (Wildman–Crippen MR) is 54.7 cm³/mol. The fourth-order valence-corrected chi connectivity index (χ4v) is 1.33. The number of H-pyrrole nitrogens is 1. The Bertz CT molecular complexity index is 589. The van der Waals surface area contributed by atoms with Gasteiger partial charge < -0.3 is 14.5 Å². The van der Waals surface area contributed by atoms with E-state index in [1.54, 1.807) is 0 Å². The van der Waals surface area contributed by atoms with Crippen LogP contribution in [0.4, 0.5) is 26.3 Å². The van der Waals surface area contributed by atoms with Crippen LogP contribution < -0.4 is 10.2 Å². The Morgan fingerprint density at radius 1 is 1.24 bits per heavy atom. The summed E-state index contributed by atoms with van der Waals surface area (Å²) in [5.41, 5.74) is -5.04. The van der Waals surface area contributed by atoms with Crippen LogP contribution in [0.25, 0.3) is 0 Å². The SMILES string of the molecule is CCOC(=O)c1c(C(F)(F)F)[nH]c(OC(F)(F)F)cc1=O. The zero-order chi connectivity index (χ0) is 16.4. The molecule has 0 aliphatic heterocycles. The molecule has 0 aliphatic carbocycles. The molecule has 1 heterocycles. The Balaban J connectivity index is 3.46. The maximum Gasteiger partial charge on any atom is 0.574 e. The van der Waals surface area contributed by atoms with Crippen molar-refractivity contribution in [3.8, 4) is 5.88 Å². The van der Waals surface area contributed by atoms with Crippen molar-refractivity contribution in [1.82, 2.24) is 4.98 Å². The van der Waals surface area contributed by atoms with Gasteiger partial charge in [-0.15, -0.1) is 13.2 Å². The number of aromatic amines is 1. The van der Waals surface area contributed by atoms with Crippen LogP contribution in [-0.4, -0.2) is 23.9 Å². The minimum Gasteiger partial charge on any atom is -0.462 e. The van der Waals surface area contributed by atoms with Crippen LogP contribution in [0.2, 0.25) is 0 Å². The van der Waals surface area contributed by atoms with Gasteiger partial charge in [0.05, 0.1) is 6.61 Å². The number of esters is 1. The van der Waals surface area contributed by atoms with E-state index in [9.17, 15) is 35.9 Å². The molecular weight excluding hydrogens is 312 g/mol. The highest BCUT2D eigenvalue weighted by molar-refractivity contribution is 5.90. The highest BCUT2D eigenvalue weighted by Crippen LogP contribution is 2.31. The summed E-state index contributed by atoms with van der Waals surface area (Å²) in [4.78, 5) is 24.0. The molecule has 118 valence electrons. The summed E-state index contributed by atoms with van der Waals surface area (Å²) < 4.78 is 81.5. The third-order valence-electron chi connectivity index (χ3n) is 2.00. The maximum atomic E-state index is 12.7. The molecule has 11 heteroatoms. The highest BCUT2D eigenvalue weighted by atomic mass is 19.4. The van der Waals surface area contributed by atoms with Crippen molar-refractivity contribution in [3.05, 3.63) is 27.5 Å². The molecule has 0 fully saturated rings. The van der Waals surface area contributed by atoms with E-state index in [-0.39, 0.29) is 12.7 Å². The van der Waals surface area contributed by atoms with Gasteiger partial charge in [-0.2, -0.15) is 13.2 Å². The van der Waals surface area contributed by atoms with Crippen LogP contribution in [0.3, 0.4) is 0 Å². The molecule has 21 heavy (non-hydrogen) atoms. The van der Waals surface area contributed by atoms with Gasteiger partial charge in [-0.25, -0.2) is 4.79 Å². The second kappa shape index (κ2) is 5.66. The van der Waals surface area contributed by atoms with E-state index in [0.29, 0.717) is 0 Å². The first-order chi connectivity index (χ1) is 9.45. The molecule has 1 aromatic rings. The number of ether oxygens (including phenoxy) is 2. The van der Waals surface area contributed by atoms with E-state index < -0.39 is 41.1 Å². The molecule has 0 aromatic carbocycles. The monoisotopic (exact) mass is 319 g/mol. The molecule has 0 aliphatic rings. The number of rotatable bonds is 3. The van der Waals surface area contributed by atoms with Gasteiger partial charge in [0.15, 0.2) is 0 Å². The number of pyridine rings is 1. The number of carbonyl (C=O) groups is 1. The third-order valence-corrected chi connectivity index (χ3v) is 2.00. The van der Waals surface area contributed by atoms with Gasteiger partial charge in [-0.05, 0) is 6.92 Å². The van der Waals surface area contributed by atoms with E-state index in [1.807, 2.05) is 0 Å². The van der Waals surface area contributed by atoms with E-state index >= 15 is 0 Å². The molecule has 0 amide bonds. The fourth-order valence-electron chi connectivity index (χ4n) is 1.33. The summed E-state index contributed by atoms with van der Waals surface area (Å²) in [6, 6.07) is 0.0784. The van der Waals surface area contributed by atoms with Gasteiger partial charge in [0.25, 0.3) is 0 Å². The van der Waals surface area contributed by atoms with Crippen molar-refractivity contribution in [2.75, 3.05) is 6.61 Å². The van der Waals surface area contributed by atoms with Gasteiger partial charge >= 0.3 is 18.5 Å². The van der Waals surface area contributed by atoms with Gasteiger partial charge in [0, 0.05) is 6.07 Å². The van der Waals surface area contributed by atoms with Gasteiger partial charge in [0.1, 0.15) is 11.3 Å². The number of hydrogen-bond donors (Lipinski definition) is 1. The lowest BCUT2D eigenvalue weighted by Gasteiger charge is -2.14. The second-order valence-corrected chi connectivity index (χ2v) is 3.51. The van der Waals surface area contributed by atoms with Gasteiger partial charge in [-0.3, -0.25) is 4.79 Å². The summed E-state index contributed by atoms with van der Waals surface area (Å²) in [6.07, 6.45) is -10.6. The predicted octanol–water partition coefficient (Wildman–Crippen LogP) is 2.47. The van der Waals surface area contributed by atoms with Crippen LogP contribution >= 0.6 is 0 Å². The summed E-state index contributed by atoms with van der Waals surface area (Å²) in [6.45, 7) is 0.955. The van der Waals surface area contributed by atoms with Crippen molar-refractivity contribution in [1.29, 1.82) is 0 Å². The molecule has 0 bridgehead atoms. The highest BCUT2D eigenvalue weighted by Gasteiger charge is 2.40. The molecule has 1 rings (SSSR count). The third kappa shape index (κ3) is 4.39. The van der Waals surface area contributed by atoms with Crippen LogP contribution in [0.1, 0.15) is 23.0 Å². The first-order valence-corrected chi connectivity index (χ1v) is 5.23. The van der Waals surface area contributed by atoms with Crippen molar-refractivity contribution >= 4 is 5.97 Å². The minimum atomic E-state index is -5.31. The molecule has 0 radical (unpaired) electrons. The van der Waals surface area contributed by atoms with Crippen LogP contribution in [0, 0.1) is 0 Å². The summed E-state index contributed by atoms with van der Waals surface area (Å²) >= 11 is 0. The minimum absolute atomic E-state index is 0.0784. The zero-order valence-corrected chi connectivity index (χ0v) is 10.2. The number of carbonyl (C=O) groups excluding carboxylic acids is 1. The molecule has 0 saturated carbocycles. The lowest BCUT2D eigenvalue weighted by molar-refractivity contribution is -0.276. The average Bonchev–Trinajstić information content (AvgIpc) is 2.24. The van der Waals surface area contributed by atoms with Crippen LogP contribution in [0.5, 0.6) is 5.88 Å². The van der Waals surface area contributed by atoms with Crippen LogP contribution in [0.15, 0.2) is 10.9 Å². The van der Waals surface area contributed by atoms with E-state index in [4.69, 9.17) is 0 Å². The second-order valence-electron chi connectivity index (χ2n) is 3.51. The standard InChI is InChI=1S/C10H7F6NO4/c1-2-20-8(19)6-4(18)3-5(21-10(14,15)16)17-7(6)9(11,12)13/h3H,2H2,1H3,(H,17,18).